The molecule has 0 bridgehead atoms. The number of halogens is 2. The molecule has 0 unspecified atom stereocenters. The molecule has 0 atom stereocenters. The molecule has 0 aromatic heterocycles. The van der Waals surface area contributed by atoms with Gasteiger partial charge in [0.05, 0.1) is 0 Å². The van der Waals surface area contributed by atoms with Crippen molar-refractivity contribution in [2.24, 2.45) is 5.92 Å². The molecule has 1 saturated carbocycles. The first-order valence-electron chi connectivity index (χ1n) is 8.08. The fourth-order valence-electron chi connectivity index (χ4n) is 3.30. The molecule has 1 fully saturated rings. The predicted molar refractivity (Wildman–Crippen MR) is 86.4 cm³/mol. The van der Waals surface area contributed by atoms with E-state index in [1.165, 1.54) is 55.7 Å². The first-order valence-corrected chi connectivity index (χ1v) is 8.08. The van der Waals surface area contributed by atoms with Crippen LogP contribution in [-0.2, 0) is 0 Å². The van der Waals surface area contributed by atoms with E-state index in [0.717, 1.165) is 11.5 Å². The second-order valence-electron chi connectivity index (χ2n) is 6.16. The molecule has 0 amide bonds. The van der Waals surface area contributed by atoms with Gasteiger partial charge in [-0.05, 0) is 60.4 Å². The van der Waals surface area contributed by atoms with Crippen LogP contribution < -0.4 is 0 Å². The molecule has 2 aromatic carbocycles. The second-order valence-corrected chi connectivity index (χ2v) is 6.16. The minimum atomic E-state index is -0.802. The third kappa shape index (κ3) is 3.21. The van der Waals surface area contributed by atoms with Crippen molar-refractivity contribution in [2.45, 2.75) is 39.0 Å². The Bertz CT molecular complexity index is 623. The van der Waals surface area contributed by atoms with Gasteiger partial charge in [0.2, 0.25) is 0 Å². The van der Waals surface area contributed by atoms with E-state index in [0.29, 0.717) is 5.56 Å². The Morgan fingerprint density at radius 3 is 2.00 bits per heavy atom. The standard InChI is InChI=1S/C20H21F2/c1-2-14-3-5-15(6-4-14)16-7-9-17(10-8-16)18-11-12-19(21)20(22)13-18/h7-14H,2-6H2,1H3. The Labute approximate surface area is 131 Å². The molecule has 1 radical (unpaired) electrons. The summed E-state index contributed by atoms with van der Waals surface area (Å²) >= 11 is 0. The van der Waals surface area contributed by atoms with Gasteiger partial charge in [-0.1, -0.05) is 43.7 Å². The van der Waals surface area contributed by atoms with E-state index in [-0.39, 0.29) is 0 Å². The van der Waals surface area contributed by atoms with E-state index in [1.807, 2.05) is 12.1 Å². The largest absolute Gasteiger partial charge is 0.204 e. The zero-order valence-electron chi connectivity index (χ0n) is 12.9. The maximum atomic E-state index is 13.3. The molecule has 1 aliphatic rings. The lowest BCUT2D eigenvalue weighted by Crippen LogP contribution is -2.13. The number of rotatable bonds is 3. The van der Waals surface area contributed by atoms with Crippen molar-refractivity contribution in [3.63, 3.8) is 0 Å². The monoisotopic (exact) mass is 299 g/mol. The van der Waals surface area contributed by atoms with Gasteiger partial charge in [-0.3, -0.25) is 0 Å². The van der Waals surface area contributed by atoms with Crippen LogP contribution in [0.25, 0.3) is 11.1 Å². The summed E-state index contributed by atoms with van der Waals surface area (Å²) in [6.45, 7) is 2.27. The van der Waals surface area contributed by atoms with Crippen LogP contribution >= 0.6 is 0 Å². The zero-order valence-corrected chi connectivity index (χ0v) is 12.9. The second kappa shape index (κ2) is 6.60. The molecule has 3 rings (SSSR count). The van der Waals surface area contributed by atoms with Crippen molar-refractivity contribution in [1.29, 1.82) is 0 Å². The van der Waals surface area contributed by atoms with Crippen LogP contribution in [0.1, 0.15) is 44.6 Å². The number of hydrogen-bond donors (Lipinski definition) is 0. The normalized spacial score (nSPS) is 16.9. The Morgan fingerprint density at radius 2 is 1.41 bits per heavy atom. The molecule has 2 aromatic rings. The predicted octanol–water partition coefficient (Wildman–Crippen LogP) is 6.15. The van der Waals surface area contributed by atoms with Gasteiger partial charge >= 0.3 is 0 Å². The van der Waals surface area contributed by atoms with E-state index in [4.69, 9.17) is 0 Å². The molecule has 115 valence electrons. The molecule has 0 saturated heterocycles. The summed E-state index contributed by atoms with van der Waals surface area (Å²) in [5.41, 5.74) is 2.93. The summed E-state index contributed by atoms with van der Waals surface area (Å²) in [5, 5.41) is 0. The van der Waals surface area contributed by atoms with E-state index < -0.39 is 11.6 Å². The molecular weight excluding hydrogens is 278 g/mol. The van der Waals surface area contributed by atoms with Crippen molar-refractivity contribution in [1.82, 2.24) is 0 Å². The summed E-state index contributed by atoms with van der Waals surface area (Å²) in [6.07, 6.45) is 6.22. The Hall–Kier alpha value is -1.70. The lowest BCUT2D eigenvalue weighted by atomic mass is 9.77. The van der Waals surface area contributed by atoms with Gasteiger partial charge in [-0.2, -0.15) is 0 Å². The first-order chi connectivity index (χ1) is 10.7. The topological polar surface area (TPSA) is 0 Å². The Kier molecular flexibility index (Phi) is 4.56. The summed E-state index contributed by atoms with van der Waals surface area (Å²) in [5.74, 6) is 0.809. The smallest absolute Gasteiger partial charge is 0.159 e. The maximum Gasteiger partial charge on any atom is 0.159 e. The highest BCUT2D eigenvalue weighted by Crippen LogP contribution is 2.36. The van der Waals surface area contributed by atoms with Gasteiger partial charge in [0.1, 0.15) is 0 Å². The lowest BCUT2D eigenvalue weighted by molar-refractivity contribution is 0.376. The van der Waals surface area contributed by atoms with Crippen LogP contribution in [0.2, 0.25) is 0 Å². The maximum absolute atomic E-state index is 13.3. The third-order valence-electron chi connectivity index (χ3n) is 4.83. The molecular formula is C20H21F2. The average Bonchev–Trinajstić information content (AvgIpc) is 2.58. The molecule has 0 spiro atoms. The van der Waals surface area contributed by atoms with Gasteiger partial charge < -0.3 is 0 Å². The van der Waals surface area contributed by atoms with Gasteiger partial charge in [0, 0.05) is 5.92 Å². The van der Waals surface area contributed by atoms with Gasteiger partial charge in [0.25, 0.3) is 0 Å². The molecule has 0 nitrogen and oxygen atoms in total. The zero-order chi connectivity index (χ0) is 15.5. The molecule has 1 aliphatic carbocycles. The quantitative estimate of drug-likeness (QED) is 0.637. The van der Waals surface area contributed by atoms with Gasteiger partial charge in [-0.25, -0.2) is 8.78 Å². The van der Waals surface area contributed by atoms with Crippen molar-refractivity contribution in [3.8, 4) is 11.1 Å². The molecule has 0 heterocycles. The minimum absolute atomic E-state index is 0.713. The summed E-state index contributed by atoms with van der Waals surface area (Å²) in [6, 6.07) is 12.3. The van der Waals surface area contributed by atoms with Gasteiger partial charge in [0.15, 0.2) is 11.6 Å². The molecule has 2 heteroatoms. The fraction of sp³-hybridized carbons (Fsp3) is 0.350. The highest BCUT2D eigenvalue weighted by atomic mass is 19.2. The SMILES string of the molecule is CCC1CC[C](c2ccc(-c3ccc(F)c(F)c3)cc2)CC1. The molecule has 0 aliphatic heterocycles. The summed E-state index contributed by atoms with van der Waals surface area (Å²) in [7, 11) is 0. The van der Waals surface area contributed by atoms with Crippen LogP contribution in [0, 0.1) is 23.5 Å². The summed E-state index contributed by atoms with van der Waals surface area (Å²) in [4.78, 5) is 0. The van der Waals surface area contributed by atoms with Crippen molar-refractivity contribution in [2.75, 3.05) is 0 Å². The first kappa shape index (κ1) is 15.2. The van der Waals surface area contributed by atoms with Crippen LogP contribution in [0.5, 0.6) is 0 Å². The molecule has 0 N–H and O–H groups in total. The molecule has 22 heavy (non-hydrogen) atoms. The van der Waals surface area contributed by atoms with Crippen LogP contribution in [0.3, 0.4) is 0 Å². The Morgan fingerprint density at radius 1 is 0.818 bits per heavy atom. The van der Waals surface area contributed by atoms with Crippen molar-refractivity contribution >= 4 is 0 Å². The third-order valence-corrected chi connectivity index (χ3v) is 4.83. The highest BCUT2D eigenvalue weighted by molar-refractivity contribution is 5.64. The van der Waals surface area contributed by atoms with E-state index in [1.54, 1.807) is 6.07 Å². The van der Waals surface area contributed by atoms with Crippen molar-refractivity contribution in [3.05, 3.63) is 65.6 Å². The highest BCUT2D eigenvalue weighted by Gasteiger charge is 2.21. The lowest BCUT2D eigenvalue weighted by Gasteiger charge is -2.27. The van der Waals surface area contributed by atoms with Crippen LogP contribution in [0.15, 0.2) is 42.5 Å². The van der Waals surface area contributed by atoms with Crippen LogP contribution in [-0.4, -0.2) is 0 Å². The van der Waals surface area contributed by atoms with Crippen LogP contribution in [0.4, 0.5) is 8.78 Å². The number of benzene rings is 2. The average molecular weight is 299 g/mol. The number of hydrogen-bond acceptors (Lipinski definition) is 0. The Balaban J connectivity index is 1.74. The van der Waals surface area contributed by atoms with E-state index in [2.05, 4.69) is 19.1 Å². The van der Waals surface area contributed by atoms with Gasteiger partial charge in [-0.15, -0.1) is 0 Å². The van der Waals surface area contributed by atoms with Crippen molar-refractivity contribution < 1.29 is 8.78 Å². The minimum Gasteiger partial charge on any atom is -0.204 e. The van der Waals surface area contributed by atoms with E-state index in [9.17, 15) is 8.78 Å². The fourth-order valence-corrected chi connectivity index (χ4v) is 3.30. The van der Waals surface area contributed by atoms with E-state index >= 15 is 0 Å². The summed E-state index contributed by atoms with van der Waals surface area (Å²) < 4.78 is 26.3.